The Labute approximate surface area is 191 Å². The molecule has 0 saturated heterocycles. The standard InChI is InChI=1S/C22H26ClN3O6/c1-6-31-16-9-8-15(12-17(16)32-7-2)25-26-20(13(3)27)22(28)24-21-18(29-4)10-14(23)11-19(21)30-5/h8-12,20H,6-7H2,1-5H3,(H,24,28). The van der Waals surface area contributed by atoms with Crippen molar-refractivity contribution in [3.8, 4) is 23.0 Å². The number of carbonyl (C=O) groups is 2. The Hall–Kier alpha value is -3.33. The Morgan fingerprint density at radius 3 is 2.09 bits per heavy atom. The quantitative estimate of drug-likeness (QED) is 0.377. The van der Waals surface area contributed by atoms with Gasteiger partial charge in [-0.25, -0.2) is 0 Å². The molecule has 0 saturated carbocycles. The first kappa shape index (κ1) is 24.9. The summed E-state index contributed by atoms with van der Waals surface area (Å²) in [6, 6.07) is 6.60. The zero-order chi connectivity index (χ0) is 23.7. The Bertz CT molecular complexity index is 971. The first-order chi connectivity index (χ1) is 15.3. The van der Waals surface area contributed by atoms with Gasteiger partial charge in [-0.2, -0.15) is 10.2 Å². The summed E-state index contributed by atoms with van der Waals surface area (Å²) in [6.45, 7) is 5.88. The molecule has 172 valence electrons. The molecule has 0 spiro atoms. The Morgan fingerprint density at radius 2 is 1.56 bits per heavy atom. The van der Waals surface area contributed by atoms with Crippen LogP contribution >= 0.6 is 11.6 Å². The summed E-state index contributed by atoms with van der Waals surface area (Å²) >= 11 is 6.03. The molecule has 0 heterocycles. The normalized spacial score (nSPS) is 11.7. The highest BCUT2D eigenvalue weighted by molar-refractivity contribution is 6.31. The largest absolute Gasteiger partial charge is 0.494 e. The number of halogens is 1. The number of benzene rings is 2. The van der Waals surface area contributed by atoms with Crippen molar-refractivity contribution in [2.45, 2.75) is 26.8 Å². The summed E-state index contributed by atoms with van der Waals surface area (Å²) in [5, 5.41) is 11.0. The Kier molecular flexibility index (Phi) is 9.27. The summed E-state index contributed by atoms with van der Waals surface area (Å²) in [5.41, 5.74) is 0.628. The number of methoxy groups -OCH3 is 2. The number of rotatable bonds is 11. The van der Waals surface area contributed by atoms with E-state index in [0.717, 1.165) is 0 Å². The number of azo groups is 1. The van der Waals surface area contributed by atoms with Gasteiger partial charge in [0.05, 0.1) is 33.1 Å². The molecule has 2 rings (SSSR count). The molecule has 1 N–H and O–H groups in total. The van der Waals surface area contributed by atoms with Crippen LogP contribution in [0.4, 0.5) is 11.4 Å². The fourth-order valence-corrected chi connectivity index (χ4v) is 2.94. The predicted octanol–water partition coefficient (Wildman–Crippen LogP) is 4.83. The minimum atomic E-state index is -1.39. The van der Waals surface area contributed by atoms with Crippen LogP contribution < -0.4 is 24.3 Å². The summed E-state index contributed by atoms with van der Waals surface area (Å²) in [4.78, 5) is 25.0. The number of amides is 1. The lowest BCUT2D eigenvalue weighted by atomic mass is 10.2. The summed E-state index contributed by atoms with van der Waals surface area (Å²) < 4.78 is 21.6. The van der Waals surface area contributed by atoms with Crippen LogP contribution in [0.3, 0.4) is 0 Å². The zero-order valence-corrected chi connectivity index (χ0v) is 19.4. The van der Waals surface area contributed by atoms with Gasteiger partial charge in [-0.3, -0.25) is 9.59 Å². The second-order valence-electron chi connectivity index (χ2n) is 6.40. The molecular weight excluding hydrogens is 438 g/mol. The fourth-order valence-electron chi connectivity index (χ4n) is 2.74. The molecule has 1 amide bonds. The smallest absolute Gasteiger partial charge is 0.259 e. The number of ketones is 1. The van der Waals surface area contributed by atoms with E-state index in [-0.39, 0.29) is 17.2 Å². The van der Waals surface area contributed by atoms with E-state index in [1.165, 1.54) is 33.3 Å². The second kappa shape index (κ2) is 11.9. The molecule has 0 radical (unpaired) electrons. The molecular formula is C22H26ClN3O6. The van der Waals surface area contributed by atoms with Gasteiger partial charge in [0, 0.05) is 23.2 Å². The van der Waals surface area contributed by atoms with Gasteiger partial charge in [0.1, 0.15) is 17.2 Å². The molecule has 9 nitrogen and oxygen atoms in total. The highest BCUT2D eigenvalue weighted by Gasteiger charge is 2.26. The lowest BCUT2D eigenvalue weighted by molar-refractivity contribution is -0.126. The van der Waals surface area contributed by atoms with E-state index in [1.54, 1.807) is 18.2 Å². The lowest BCUT2D eigenvalue weighted by Crippen LogP contribution is -2.32. The van der Waals surface area contributed by atoms with Crippen LogP contribution in [0.15, 0.2) is 40.6 Å². The summed E-state index contributed by atoms with van der Waals surface area (Å²) in [5.74, 6) is 0.413. The van der Waals surface area contributed by atoms with Gasteiger partial charge in [-0.05, 0) is 32.9 Å². The van der Waals surface area contributed by atoms with Crippen molar-refractivity contribution in [2.24, 2.45) is 10.2 Å². The fraction of sp³-hybridized carbons (Fsp3) is 0.364. The van der Waals surface area contributed by atoms with E-state index in [0.29, 0.717) is 35.4 Å². The zero-order valence-electron chi connectivity index (χ0n) is 18.6. The van der Waals surface area contributed by atoms with Gasteiger partial charge in [0.25, 0.3) is 5.91 Å². The number of hydrogen-bond donors (Lipinski definition) is 1. The molecule has 0 fully saturated rings. The van der Waals surface area contributed by atoms with Gasteiger partial charge in [-0.1, -0.05) is 11.6 Å². The molecule has 32 heavy (non-hydrogen) atoms. The second-order valence-corrected chi connectivity index (χ2v) is 6.84. The molecule has 0 aliphatic rings. The summed E-state index contributed by atoms with van der Waals surface area (Å²) in [7, 11) is 2.84. The van der Waals surface area contributed by atoms with Crippen molar-refractivity contribution >= 4 is 34.7 Å². The molecule has 0 aromatic heterocycles. The van der Waals surface area contributed by atoms with Crippen molar-refractivity contribution < 1.29 is 28.5 Å². The molecule has 1 atom stereocenters. The van der Waals surface area contributed by atoms with Crippen LogP contribution in [0.2, 0.25) is 5.02 Å². The maximum Gasteiger partial charge on any atom is 0.259 e. The number of nitrogens with one attached hydrogen (secondary N) is 1. The van der Waals surface area contributed by atoms with E-state index in [9.17, 15) is 9.59 Å². The molecule has 0 aliphatic heterocycles. The van der Waals surface area contributed by atoms with Crippen LogP contribution in [0.1, 0.15) is 20.8 Å². The van der Waals surface area contributed by atoms with E-state index in [2.05, 4.69) is 15.5 Å². The number of Topliss-reactive ketones (excluding diaryl/α,β-unsaturated/α-hetero) is 1. The van der Waals surface area contributed by atoms with Crippen molar-refractivity contribution in [3.63, 3.8) is 0 Å². The molecule has 10 heteroatoms. The van der Waals surface area contributed by atoms with E-state index >= 15 is 0 Å². The van der Waals surface area contributed by atoms with E-state index in [4.69, 9.17) is 30.5 Å². The predicted molar refractivity (Wildman–Crippen MR) is 121 cm³/mol. The SMILES string of the molecule is CCOc1ccc(N=NC(C(C)=O)C(=O)Nc2c(OC)cc(Cl)cc2OC)cc1OCC. The van der Waals surface area contributed by atoms with E-state index < -0.39 is 17.7 Å². The highest BCUT2D eigenvalue weighted by atomic mass is 35.5. The maximum absolute atomic E-state index is 12.8. The number of ether oxygens (including phenoxy) is 4. The molecule has 0 aliphatic carbocycles. The van der Waals surface area contributed by atoms with Gasteiger partial charge in [0.15, 0.2) is 17.3 Å². The topological polar surface area (TPSA) is 108 Å². The van der Waals surface area contributed by atoms with Crippen molar-refractivity contribution in [3.05, 3.63) is 35.4 Å². The third-order valence-corrected chi connectivity index (χ3v) is 4.39. The van der Waals surface area contributed by atoms with Crippen molar-refractivity contribution in [1.82, 2.24) is 0 Å². The number of anilines is 1. The number of hydrogen-bond acceptors (Lipinski definition) is 8. The summed E-state index contributed by atoms with van der Waals surface area (Å²) in [6.07, 6.45) is 0. The minimum Gasteiger partial charge on any atom is -0.494 e. The average Bonchev–Trinajstić information content (AvgIpc) is 2.76. The van der Waals surface area contributed by atoms with Gasteiger partial charge < -0.3 is 24.3 Å². The molecule has 2 aromatic carbocycles. The van der Waals surface area contributed by atoms with Gasteiger partial charge in [0.2, 0.25) is 6.04 Å². The van der Waals surface area contributed by atoms with Crippen LogP contribution in [-0.4, -0.2) is 45.2 Å². The average molecular weight is 464 g/mol. The van der Waals surface area contributed by atoms with Crippen LogP contribution in [0.5, 0.6) is 23.0 Å². The monoisotopic (exact) mass is 463 g/mol. The van der Waals surface area contributed by atoms with Crippen molar-refractivity contribution in [1.29, 1.82) is 0 Å². The first-order valence-corrected chi connectivity index (χ1v) is 10.3. The lowest BCUT2D eigenvalue weighted by Gasteiger charge is -2.16. The third-order valence-electron chi connectivity index (χ3n) is 4.17. The minimum absolute atomic E-state index is 0.227. The van der Waals surface area contributed by atoms with Gasteiger partial charge in [-0.15, -0.1) is 0 Å². The van der Waals surface area contributed by atoms with Crippen LogP contribution in [0, 0.1) is 0 Å². The van der Waals surface area contributed by atoms with Crippen molar-refractivity contribution in [2.75, 3.05) is 32.8 Å². The Balaban J connectivity index is 2.30. The number of nitrogens with zero attached hydrogens (tertiary/aromatic N) is 2. The molecule has 1 unspecified atom stereocenters. The third kappa shape index (κ3) is 6.34. The highest BCUT2D eigenvalue weighted by Crippen LogP contribution is 2.38. The van der Waals surface area contributed by atoms with Crippen LogP contribution in [-0.2, 0) is 9.59 Å². The van der Waals surface area contributed by atoms with E-state index in [1.807, 2.05) is 13.8 Å². The van der Waals surface area contributed by atoms with Crippen LogP contribution in [0.25, 0.3) is 0 Å². The number of carbonyl (C=O) groups excluding carboxylic acids is 2. The first-order valence-electron chi connectivity index (χ1n) is 9.87. The molecule has 0 bridgehead atoms. The Morgan fingerprint density at radius 1 is 0.969 bits per heavy atom. The maximum atomic E-state index is 12.8. The van der Waals surface area contributed by atoms with Gasteiger partial charge >= 0.3 is 0 Å². The molecule has 2 aromatic rings.